The summed E-state index contributed by atoms with van der Waals surface area (Å²) in [6.45, 7) is 4.08. The van der Waals surface area contributed by atoms with E-state index in [1.807, 2.05) is 0 Å². The Kier molecular flexibility index (Phi) is 6.59. The molecule has 2 saturated heterocycles. The molecule has 3 aliphatic rings. The molecular weight excluding hydrogens is 464 g/mol. The number of ether oxygens (including phenoxy) is 1. The first kappa shape index (κ1) is 22.6. The van der Waals surface area contributed by atoms with Crippen LogP contribution in [0.2, 0.25) is 0 Å². The van der Waals surface area contributed by atoms with Crippen LogP contribution in [0.1, 0.15) is 31.7 Å². The molecule has 0 bridgehead atoms. The molecule has 0 spiro atoms. The number of thioether (sulfide) groups is 1. The minimum Gasteiger partial charge on any atom is -0.378 e. The van der Waals surface area contributed by atoms with Crippen molar-refractivity contribution >= 4 is 39.3 Å². The Balaban J connectivity index is 1.19. The number of nitrogens with one attached hydrogen (secondary N) is 1. The van der Waals surface area contributed by atoms with Gasteiger partial charge in [0.05, 0.1) is 23.9 Å². The number of morpholine rings is 1. The van der Waals surface area contributed by atoms with Crippen LogP contribution in [0.15, 0.2) is 34.3 Å². The van der Waals surface area contributed by atoms with Crippen LogP contribution in [0, 0.1) is 0 Å². The summed E-state index contributed by atoms with van der Waals surface area (Å²) in [5.41, 5.74) is 0.568. The summed E-state index contributed by atoms with van der Waals surface area (Å²) in [4.78, 5) is 15.0. The van der Waals surface area contributed by atoms with Crippen molar-refractivity contribution in [2.24, 2.45) is 0 Å². The fourth-order valence-corrected chi connectivity index (χ4v) is 6.43. The van der Waals surface area contributed by atoms with Gasteiger partial charge in [-0.15, -0.1) is 10.2 Å². The zero-order chi connectivity index (χ0) is 22.8. The lowest BCUT2D eigenvalue weighted by atomic mass is 10.3. The second-order valence-electron chi connectivity index (χ2n) is 8.46. The van der Waals surface area contributed by atoms with E-state index in [1.54, 1.807) is 24.3 Å². The fraction of sp³-hybridized carbons (Fsp3) is 0.571. The van der Waals surface area contributed by atoms with Gasteiger partial charge in [-0.3, -0.25) is 9.36 Å². The van der Waals surface area contributed by atoms with Gasteiger partial charge in [-0.25, -0.2) is 8.42 Å². The molecular formula is C21H28N6O4S2. The fourth-order valence-electron chi connectivity index (χ4n) is 4.11. The van der Waals surface area contributed by atoms with Gasteiger partial charge in [0, 0.05) is 37.9 Å². The highest BCUT2D eigenvalue weighted by Crippen LogP contribution is 2.41. The molecule has 1 amide bonds. The van der Waals surface area contributed by atoms with Gasteiger partial charge in [0.2, 0.25) is 21.9 Å². The van der Waals surface area contributed by atoms with E-state index in [0.29, 0.717) is 38.0 Å². The van der Waals surface area contributed by atoms with Gasteiger partial charge in [-0.2, -0.15) is 4.31 Å². The van der Waals surface area contributed by atoms with Gasteiger partial charge >= 0.3 is 0 Å². The van der Waals surface area contributed by atoms with Crippen molar-refractivity contribution in [1.29, 1.82) is 0 Å². The molecule has 0 atom stereocenters. The first-order valence-electron chi connectivity index (χ1n) is 11.3. The normalized spacial score (nSPS) is 19.7. The number of sulfonamides is 1. The van der Waals surface area contributed by atoms with Gasteiger partial charge in [0.15, 0.2) is 5.16 Å². The van der Waals surface area contributed by atoms with Crippen molar-refractivity contribution in [1.82, 2.24) is 19.1 Å². The van der Waals surface area contributed by atoms with Gasteiger partial charge in [-0.1, -0.05) is 11.8 Å². The predicted octanol–water partition coefficient (Wildman–Crippen LogP) is 1.96. The van der Waals surface area contributed by atoms with Crippen LogP contribution in [0.4, 0.5) is 11.6 Å². The molecule has 33 heavy (non-hydrogen) atoms. The van der Waals surface area contributed by atoms with Crippen LogP contribution in [0.25, 0.3) is 0 Å². The van der Waals surface area contributed by atoms with E-state index in [-0.39, 0.29) is 16.6 Å². The molecule has 1 saturated carbocycles. The summed E-state index contributed by atoms with van der Waals surface area (Å²) in [6, 6.07) is 6.76. The number of hydrogen-bond acceptors (Lipinski definition) is 8. The molecule has 12 heteroatoms. The number of carbonyl (C=O) groups is 1. The number of aromatic nitrogens is 3. The third kappa shape index (κ3) is 5.03. The molecule has 2 aliphatic heterocycles. The highest BCUT2D eigenvalue weighted by Gasteiger charge is 2.32. The van der Waals surface area contributed by atoms with Gasteiger partial charge in [0.25, 0.3) is 0 Å². The Hall–Kier alpha value is -2.15. The maximum absolute atomic E-state index is 12.6. The second-order valence-corrected chi connectivity index (χ2v) is 11.3. The van der Waals surface area contributed by atoms with Crippen LogP contribution in [0.5, 0.6) is 0 Å². The van der Waals surface area contributed by atoms with Crippen molar-refractivity contribution in [3.05, 3.63) is 24.3 Å². The van der Waals surface area contributed by atoms with E-state index in [1.165, 1.54) is 16.1 Å². The number of nitrogens with zero attached hydrogens (tertiary/aromatic N) is 5. The molecule has 3 heterocycles. The zero-order valence-corrected chi connectivity index (χ0v) is 20.0. The monoisotopic (exact) mass is 492 g/mol. The molecule has 1 aromatic carbocycles. The summed E-state index contributed by atoms with van der Waals surface area (Å²) >= 11 is 1.37. The summed E-state index contributed by atoms with van der Waals surface area (Å²) in [5, 5.41) is 12.3. The Morgan fingerprint density at radius 2 is 1.76 bits per heavy atom. The first-order valence-corrected chi connectivity index (χ1v) is 13.8. The van der Waals surface area contributed by atoms with E-state index >= 15 is 0 Å². The van der Waals surface area contributed by atoms with E-state index < -0.39 is 10.0 Å². The largest absolute Gasteiger partial charge is 0.378 e. The summed E-state index contributed by atoms with van der Waals surface area (Å²) in [6.07, 6.45) is 3.99. The minimum absolute atomic E-state index is 0.173. The third-order valence-corrected chi connectivity index (χ3v) is 8.88. The van der Waals surface area contributed by atoms with Crippen LogP contribution in [-0.4, -0.2) is 78.5 Å². The van der Waals surface area contributed by atoms with E-state index in [0.717, 1.165) is 49.9 Å². The molecule has 1 aliphatic carbocycles. The number of amides is 1. The second kappa shape index (κ2) is 9.61. The minimum atomic E-state index is -3.46. The van der Waals surface area contributed by atoms with Crippen molar-refractivity contribution in [2.45, 2.75) is 41.8 Å². The molecule has 5 rings (SSSR count). The Morgan fingerprint density at radius 3 is 2.42 bits per heavy atom. The molecule has 1 N–H and O–H groups in total. The molecule has 178 valence electrons. The maximum Gasteiger partial charge on any atom is 0.243 e. The molecule has 1 aromatic heterocycles. The first-order chi connectivity index (χ1) is 16.0. The lowest BCUT2D eigenvalue weighted by Crippen LogP contribution is -2.38. The summed E-state index contributed by atoms with van der Waals surface area (Å²) in [7, 11) is -3.46. The van der Waals surface area contributed by atoms with Gasteiger partial charge in [-0.05, 0) is 49.9 Å². The highest BCUT2D eigenvalue weighted by atomic mass is 32.2. The van der Waals surface area contributed by atoms with Crippen molar-refractivity contribution in [3.63, 3.8) is 0 Å². The van der Waals surface area contributed by atoms with Crippen molar-refractivity contribution in [3.8, 4) is 0 Å². The van der Waals surface area contributed by atoms with Crippen LogP contribution in [0.3, 0.4) is 0 Å². The lowest BCUT2D eigenvalue weighted by Gasteiger charge is -2.27. The van der Waals surface area contributed by atoms with E-state index in [2.05, 4.69) is 25.0 Å². The molecule has 10 nitrogen and oxygen atoms in total. The predicted molar refractivity (Wildman–Crippen MR) is 125 cm³/mol. The Labute approximate surface area is 197 Å². The summed E-state index contributed by atoms with van der Waals surface area (Å²) in [5.74, 6) is 0.883. The SMILES string of the molecule is O=C(CSc1nnc(N2CCOCC2)n1C1CC1)Nc1ccc(S(=O)(=O)N2CCCC2)cc1. The van der Waals surface area contributed by atoms with Crippen LogP contribution in [-0.2, 0) is 19.6 Å². The van der Waals surface area contributed by atoms with Gasteiger partial charge in [0.1, 0.15) is 0 Å². The summed E-state index contributed by atoms with van der Waals surface area (Å²) < 4.78 is 34.4. The standard InChI is InChI=1S/C21H28N6O4S2/c28-19(22-16-3-7-18(8-4-16)33(29,30)26-9-1-2-10-26)15-32-21-24-23-20(27(21)17-5-6-17)25-11-13-31-14-12-25/h3-4,7-8,17H,1-2,5-6,9-15H2,(H,22,28). The molecule has 0 unspecified atom stereocenters. The smallest absolute Gasteiger partial charge is 0.243 e. The Morgan fingerprint density at radius 1 is 1.06 bits per heavy atom. The van der Waals surface area contributed by atoms with Gasteiger partial charge < -0.3 is 15.0 Å². The van der Waals surface area contributed by atoms with Crippen molar-refractivity contribution in [2.75, 3.05) is 55.4 Å². The Bertz CT molecular complexity index is 1090. The third-order valence-electron chi connectivity index (χ3n) is 6.03. The van der Waals surface area contributed by atoms with Crippen molar-refractivity contribution < 1.29 is 17.9 Å². The average molecular weight is 493 g/mol. The number of benzene rings is 1. The quantitative estimate of drug-likeness (QED) is 0.557. The zero-order valence-electron chi connectivity index (χ0n) is 18.4. The van der Waals surface area contributed by atoms with E-state index in [4.69, 9.17) is 4.74 Å². The van der Waals surface area contributed by atoms with E-state index in [9.17, 15) is 13.2 Å². The molecule has 0 radical (unpaired) electrons. The topological polar surface area (TPSA) is 110 Å². The lowest BCUT2D eigenvalue weighted by molar-refractivity contribution is -0.113. The van der Waals surface area contributed by atoms with Crippen LogP contribution < -0.4 is 10.2 Å². The number of carbonyl (C=O) groups excluding carboxylic acids is 1. The highest BCUT2D eigenvalue weighted by molar-refractivity contribution is 7.99. The molecule has 2 aromatic rings. The number of rotatable bonds is 8. The maximum atomic E-state index is 12.6. The molecule has 3 fully saturated rings. The average Bonchev–Trinajstić information content (AvgIpc) is 3.33. The number of hydrogen-bond donors (Lipinski definition) is 1. The number of anilines is 2. The van der Waals surface area contributed by atoms with Crippen LogP contribution >= 0.6 is 11.8 Å².